The minimum Gasteiger partial charge on any atom is -0.465 e. The van der Waals surface area contributed by atoms with Gasteiger partial charge in [-0.05, 0) is 85.0 Å². The first kappa shape index (κ1) is 39.9. The molecule has 11 heteroatoms. The number of methoxy groups -OCH3 is 2. The maximum absolute atomic E-state index is 12.7. The lowest BCUT2D eigenvalue weighted by Gasteiger charge is -2.23. The molecule has 0 saturated heterocycles. The smallest absolute Gasteiger partial charge is 0.337 e. The quantitative estimate of drug-likeness (QED) is 0.109. The fourth-order valence-electron chi connectivity index (χ4n) is 9.50. The first-order valence-corrected chi connectivity index (χ1v) is 21.2. The summed E-state index contributed by atoms with van der Waals surface area (Å²) in [5.41, 5.74) is 11.1. The van der Waals surface area contributed by atoms with Crippen molar-refractivity contribution >= 4 is 68.5 Å². The number of carbonyl (C=O) groups is 4. The lowest BCUT2D eigenvalue weighted by atomic mass is 9.81. The summed E-state index contributed by atoms with van der Waals surface area (Å²) in [4.78, 5) is 52.4. The largest absolute Gasteiger partial charge is 0.465 e. The predicted molar refractivity (Wildman–Crippen MR) is 233 cm³/mol. The van der Waals surface area contributed by atoms with Gasteiger partial charge >= 0.3 is 11.9 Å². The van der Waals surface area contributed by atoms with Crippen LogP contribution >= 0.6 is 11.6 Å². The Balaban J connectivity index is 0.000000164. The van der Waals surface area contributed by atoms with Crippen LogP contribution in [0.15, 0.2) is 84.9 Å². The van der Waals surface area contributed by atoms with E-state index in [-0.39, 0.29) is 36.2 Å². The number of anilines is 2. The van der Waals surface area contributed by atoms with Crippen LogP contribution in [0.25, 0.3) is 44.3 Å². The van der Waals surface area contributed by atoms with Gasteiger partial charge in [0.1, 0.15) is 12.4 Å². The van der Waals surface area contributed by atoms with Gasteiger partial charge in [-0.25, -0.2) is 9.59 Å². The molecule has 6 aromatic rings. The number of nitrogens with zero attached hydrogens (tertiary/aromatic N) is 1. The Morgan fingerprint density at radius 3 is 1.98 bits per heavy atom. The molecule has 59 heavy (non-hydrogen) atoms. The van der Waals surface area contributed by atoms with E-state index in [1.54, 1.807) is 0 Å². The van der Waals surface area contributed by atoms with Gasteiger partial charge < -0.3 is 29.7 Å². The monoisotopic (exact) mass is 812 g/mol. The number of para-hydroxylation sites is 2. The van der Waals surface area contributed by atoms with Gasteiger partial charge in [-0.2, -0.15) is 0 Å². The highest BCUT2D eigenvalue weighted by molar-refractivity contribution is 6.29. The summed E-state index contributed by atoms with van der Waals surface area (Å²) >= 11 is 5.71. The van der Waals surface area contributed by atoms with Crippen molar-refractivity contribution in [3.05, 3.63) is 107 Å². The molecular formula is C48H49ClN4O6. The van der Waals surface area contributed by atoms with Crippen LogP contribution < -0.4 is 10.6 Å². The van der Waals surface area contributed by atoms with E-state index < -0.39 is 0 Å². The van der Waals surface area contributed by atoms with Crippen LogP contribution in [0.4, 0.5) is 11.4 Å². The van der Waals surface area contributed by atoms with Gasteiger partial charge in [0.2, 0.25) is 11.8 Å². The Labute approximate surface area is 348 Å². The number of halogens is 1. The lowest BCUT2D eigenvalue weighted by molar-refractivity contribution is -0.116. The Bertz CT molecular complexity index is 2560. The maximum atomic E-state index is 12.7. The summed E-state index contributed by atoms with van der Waals surface area (Å²) < 4.78 is 11.9. The number of nitrogens with one attached hydrogen (secondary N) is 3. The van der Waals surface area contributed by atoms with Gasteiger partial charge in [-0.15, -0.1) is 11.6 Å². The number of hydrogen-bond acceptors (Lipinski definition) is 6. The second kappa shape index (κ2) is 17.5. The second-order valence-corrected chi connectivity index (χ2v) is 16.0. The number of alkyl halides is 1. The standard InChI is InChI=1S/C24H25ClN2O3.C24H24N2O3/c1-30-24(29)16-11-12-17-20(13-16)27-23(22(17)15-7-3-2-4-8-15)18-9-5-6-10-19(18)26-21(28)14-25;1-29-24(28)16-11-12-18-20(13-16)26-14-21(27)25-19-10-6-5-9-17(19)23(26)22(18)15-7-3-2-4-8-15/h5-6,9-13,15,27H,2-4,7-8,14H2,1H3,(H,26,28);5-6,9-13,15H,2-4,7-8,14H2,1H3,(H,25,27). The SMILES string of the molecule is COC(=O)c1ccc2c(C3CCCCC3)c(-c3ccccc3NC(=O)CCl)[nH]c2c1.COC(=O)c1ccc2c(C3CCCCC3)c3n(c2c1)CC(=O)Nc1ccccc1-3. The highest BCUT2D eigenvalue weighted by Gasteiger charge is 2.31. The van der Waals surface area contributed by atoms with Crippen molar-refractivity contribution < 1.29 is 28.7 Å². The summed E-state index contributed by atoms with van der Waals surface area (Å²) in [6, 6.07) is 27.2. The van der Waals surface area contributed by atoms with Gasteiger partial charge in [0.15, 0.2) is 0 Å². The molecular weight excluding hydrogens is 764 g/mol. The normalized spacial score (nSPS) is 15.6. The number of H-pyrrole nitrogens is 1. The minimum absolute atomic E-state index is 0.0493. The predicted octanol–water partition coefficient (Wildman–Crippen LogP) is 10.9. The van der Waals surface area contributed by atoms with E-state index in [1.165, 1.54) is 63.9 Å². The van der Waals surface area contributed by atoms with Crippen LogP contribution in [0.1, 0.15) is 108 Å². The van der Waals surface area contributed by atoms with E-state index in [0.717, 1.165) is 81.4 Å². The van der Waals surface area contributed by atoms with Crippen LogP contribution in [0, 0.1) is 0 Å². The van der Waals surface area contributed by atoms with Gasteiger partial charge in [0, 0.05) is 27.4 Å². The van der Waals surface area contributed by atoms with E-state index in [1.807, 2.05) is 78.9 Å². The fourth-order valence-corrected chi connectivity index (χ4v) is 9.56. The van der Waals surface area contributed by atoms with Crippen LogP contribution in [0.3, 0.4) is 0 Å². The fraction of sp³-hybridized carbons (Fsp3) is 0.333. The van der Waals surface area contributed by atoms with Crippen molar-refractivity contribution in [2.24, 2.45) is 0 Å². The van der Waals surface area contributed by atoms with Crippen molar-refractivity contribution in [1.82, 2.24) is 9.55 Å². The number of aromatic amines is 1. The topological polar surface area (TPSA) is 132 Å². The molecule has 1 aliphatic heterocycles. The third-order valence-corrected chi connectivity index (χ3v) is 12.4. The average Bonchev–Trinajstić information content (AvgIpc) is 3.77. The third kappa shape index (κ3) is 7.98. The number of aromatic nitrogens is 2. The van der Waals surface area contributed by atoms with Crippen LogP contribution in [-0.2, 0) is 25.6 Å². The molecule has 2 aliphatic carbocycles. The summed E-state index contributed by atoms with van der Waals surface area (Å²) in [6.45, 7) is 0.234. The number of fused-ring (bicyclic) bond motifs is 6. The highest BCUT2D eigenvalue weighted by Crippen LogP contribution is 2.47. The number of rotatable bonds is 7. The number of esters is 2. The van der Waals surface area contributed by atoms with Crippen molar-refractivity contribution in [1.29, 1.82) is 0 Å². The zero-order valence-corrected chi connectivity index (χ0v) is 34.3. The summed E-state index contributed by atoms with van der Waals surface area (Å²) in [7, 11) is 2.78. The molecule has 0 bridgehead atoms. The van der Waals surface area contributed by atoms with Crippen LogP contribution in [-0.4, -0.2) is 53.4 Å². The molecule has 9 rings (SSSR count). The van der Waals surface area contributed by atoms with E-state index in [2.05, 4.69) is 26.3 Å². The van der Waals surface area contributed by atoms with Gasteiger partial charge in [0.25, 0.3) is 0 Å². The molecule has 2 saturated carbocycles. The van der Waals surface area contributed by atoms with E-state index in [0.29, 0.717) is 23.0 Å². The Hall–Kier alpha value is -5.87. The summed E-state index contributed by atoms with van der Waals surface area (Å²) in [6.07, 6.45) is 12.0. The van der Waals surface area contributed by atoms with Crippen molar-refractivity contribution in [3.8, 4) is 22.5 Å². The zero-order valence-electron chi connectivity index (χ0n) is 33.5. The molecule has 2 amide bonds. The molecule has 2 aromatic heterocycles. The molecule has 3 heterocycles. The number of ether oxygens (including phenoxy) is 2. The highest BCUT2D eigenvalue weighted by atomic mass is 35.5. The van der Waals surface area contributed by atoms with Crippen LogP contribution in [0.5, 0.6) is 0 Å². The molecule has 2 fully saturated rings. The number of carbonyl (C=O) groups excluding carboxylic acids is 4. The van der Waals surface area contributed by atoms with E-state index in [9.17, 15) is 19.2 Å². The van der Waals surface area contributed by atoms with Crippen molar-refractivity contribution in [2.75, 3.05) is 30.7 Å². The lowest BCUT2D eigenvalue weighted by Crippen LogP contribution is -2.16. The summed E-state index contributed by atoms with van der Waals surface area (Å²) in [5, 5.41) is 8.21. The maximum Gasteiger partial charge on any atom is 0.337 e. The number of benzene rings is 4. The average molecular weight is 813 g/mol. The molecule has 10 nitrogen and oxygen atoms in total. The Morgan fingerprint density at radius 2 is 1.32 bits per heavy atom. The number of hydrogen-bond donors (Lipinski definition) is 3. The Morgan fingerprint density at radius 1 is 0.729 bits per heavy atom. The molecule has 3 N–H and O–H groups in total. The van der Waals surface area contributed by atoms with Gasteiger partial charge in [-0.3, -0.25) is 9.59 Å². The van der Waals surface area contributed by atoms with Crippen LogP contribution in [0.2, 0.25) is 0 Å². The first-order chi connectivity index (χ1) is 28.8. The minimum atomic E-state index is -0.361. The Kier molecular flexibility index (Phi) is 11.9. The molecule has 304 valence electrons. The van der Waals surface area contributed by atoms with Gasteiger partial charge in [0.05, 0.1) is 53.6 Å². The molecule has 0 radical (unpaired) electrons. The second-order valence-electron chi connectivity index (χ2n) is 15.7. The van der Waals surface area contributed by atoms with Crippen molar-refractivity contribution in [2.45, 2.75) is 82.6 Å². The van der Waals surface area contributed by atoms with Gasteiger partial charge in [-0.1, -0.05) is 87.1 Å². The van der Waals surface area contributed by atoms with Crippen molar-refractivity contribution in [3.63, 3.8) is 0 Å². The molecule has 3 aliphatic rings. The molecule has 0 unspecified atom stereocenters. The molecule has 4 aromatic carbocycles. The number of amides is 2. The molecule has 0 spiro atoms. The summed E-state index contributed by atoms with van der Waals surface area (Å²) in [5.74, 6) is -0.212. The van der Waals surface area contributed by atoms with E-state index in [4.69, 9.17) is 21.1 Å². The molecule has 0 atom stereocenters. The zero-order chi connectivity index (χ0) is 41.0. The third-order valence-electron chi connectivity index (χ3n) is 12.2. The van der Waals surface area contributed by atoms with E-state index >= 15 is 0 Å². The first-order valence-electron chi connectivity index (χ1n) is 20.6.